The zero-order chi connectivity index (χ0) is 20.4. The molecule has 1 aromatic heterocycles. The Hall–Kier alpha value is -3.61. The Morgan fingerprint density at radius 3 is 2.69 bits per heavy atom. The molecule has 0 saturated carbocycles. The van der Waals surface area contributed by atoms with Gasteiger partial charge in [-0.3, -0.25) is 9.48 Å². The first kappa shape index (κ1) is 18.7. The van der Waals surface area contributed by atoms with E-state index in [2.05, 4.69) is 33.6 Å². The smallest absolute Gasteiger partial charge is 0.251 e. The van der Waals surface area contributed by atoms with Gasteiger partial charge in [-0.25, -0.2) is 0 Å². The highest BCUT2D eigenvalue weighted by atomic mass is 16.2. The van der Waals surface area contributed by atoms with Crippen molar-refractivity contribution in [3.8, 4) is 17.9 Å². The van der Waals surface area contributed by atoms with Gasteiger partial charge in [0, 0.05) is 41.7 Å². The predicted octanol–water partition coefficient (Wildman–Crippen LogP) is 2.85. The van der Waals surface area contributed by atoms with Gasteiger partial charge in [0.25, 0.3) is 5.91 Å². The number of nitrogens with zero attached hydrogens (tertiary/aromatic N) is 3. The highest BCUT2D eigenvalue weighted by molar-refractivity contribution is 6.05. The van der Waals surface area contributed by atoms with Crippen LogP contribution in [-0.2, 0) is 10.3 Å². The predicted molar refractivity (Wildman–Crippen MR) is 112 cm³/mol. The summed E-state index contributed by atoms with van der Waals surface area (Å²) in [6, 6.07) is 13.2. The van der Waals surface area contributed by atoms with Gasteiger partial charge in [0.15, 0.2) is 0 Å². The highest BCUT2D eigenvalue weighted by Crippen LogP contribution is 2.28. The van der Waals surface area contributed by atoms with E-state index < -0.39 is 5.54 Å². The van der Waals surface area contributed by atoms with Crippen LogP contribution < -0.4 is 10.6 Å². The largest absolute Gasteiger partial charge is 0.323 e. The van der Waals surface area contributed by atoms with Crippen LogP contribution in [0.15, 0.2) is 48.8 Å². The van der Waals surface area contributed by atoms with Gasteiger partial charge in [-0.05, 0) is 26.0 Å². The van der Waals surface area contributed by atoms with Crippen molar-refractivity contribution in [3.63, 3.8) is 0 Å². The van der Waals surface area contributed by atoms with Crippen LogP contribution in [0.5, 0.6) is 0 Å². The maximum Gasteiger partial charge on any atom is 0.251 e. The Labute approximate surface area is 169 Å². The van der Waals surface area contributed by atoms with Crippen LogP contribution in [0.3, 0.4) is 0 Å². The van der Waals surface area contributed by atoms with E-state index in [-0.39, 0.29) is 5.91 Å². The fourth-order valence-corrected chi connectivity index (χ4v) is 3.15. The first-order chi connectivity index (χ1) is 14.0. The lowest BCUT2D eigenvalue weighted by atomic mass is 10.0. The minimum absolute atomic E-state index is 0.196. The number of nitrogens with one attached hydrogen (secondary N) is 2. The number of fused-ring (bicyclic) bond motifs is 1. The van der Waals surface area contributed by atoms with Crippen LogP contribution >= 0.6 is 0 Å². The van der Waals surface area contributed by atoms with Gasteiger partial charge in [-0.2, -0.15) is 10.4 Å². The van der Waals surface area contributed by atoms with Crippen molar-refractivity contribution in [2.24, 2.45) is 5.92 Å². The minimum Gasteiger partial charge on any atom is -0.323 e. The molecular weight excluding hydrogens is 362 g/mol. The number of nitriles is 1. The topological polar surface area (TPSA) is 82.7 Å². The molecule has 1 saturated heterocycles. The van der Waals surface area contributed by atoms with Gasteiger partial charge < -0.3 is 10.6 Å². The van der Waals surface area contributed by atoms with Crippen molar-refractivity contribution >= 4 is 22.4 Å². The van der Waals surface area contributed by atoms with Crippen LogP contribution in [0.1, 0.15) is 25.0 Å². The van der Waals surface area contributed by atoms with Crippen molar-refractivity contribution in [3.05, 3.63) is 59.9 Å². The molecule has 1 amide bonds. The number of anilines is 1. The zero-order valence-corrected chi connectivity index (χ0v) is 16.4. The van der Waals surface area contributed by atoms with E-state index in [0.29, 0.717) is 17.2 Å². The zero-order valence-electron chi connectivity index (χ0n) is 16.4. The Balaban J connectivity index is 1.58. The molecule has 0 atom stereocenters. The Bertz CT molecular complexity index is 1190. The molecule has 4 rings (SSSR count). The van der Waals surface area contributed by atoms with E-state index >= 15 is 0 Å². The van der Waals surface area contributed by atoms with Gasteiger partial charge in [-0.15, -0.1) is 0 Å². The SMILES string of the molecule is CC(C)(C(=O)Nc1ccc(C#N)c2ccccc12)n1cc(C#CC2CNC2)cn1. The van der Waals surface area contributed by atoms with Crippen molar-refractivity contribution < 1.29 is 4.79 Å². The summed E-state index contributed by atoms with van der Waals surface area (Å²) in [6.07, 6.45) is 3.49. The fourth-order valence-electron chi connectivity index (χ4n) is 3.15. The third-order valence-corrected chi connectivity index (χ3v) is 5.21. The second-order valence-electron chi connectivity index (χ2n) is 7.63. The lowest BCUT2D eigenvalue weighted by Gasteiger charge is -2.24. The number of rotatable bonds is 3. The first-order valence-electron chi connectivity index (χ1n) is 9.50. The highest BCUT2D eigenvalue weighted by Gasteiger charge is 2.31. The van der Waals surface area contributed by atoms with Crippen molar-refractivity contribution in [2.75, 3.05) is 18.4 Å². The normalized spacial score (nSPS) is 13.8. The van der Waals surface area contributed by atoms with E-state index in [9.17, 15) is 10.1 Å². The molecule has 144 valence electrons. The summed E-state index contributed by atoms with van der Waals surface area (Å²) in [5.41, 5.74) is 1.13. The first-order valence-corrected chi connectivity index (χ1v) is 9.50. The second kappa shape index (κ2) is 7.43. The number of benzene rings is 2. The lowest BCUT2D eigenvalue weighted by Crippen LogP contribution is -2.41. The van der Waals surface area contributed by atoms with Gasteiger partial charge in [-0.1, -0.05) is 36.1 Å². The summed E-state index contributed by atoms with van der Waals surface area (Å²) in [5, 5.41) is 21.5. The molecule has 0 radical (unpaired) electrons. The van der Waals surface area contributed by atoms with Gasteiger partial charge in [0.05, 0.1) is 23.4 Å². The maximum atomic E-state index is 13.1. The minimum atomic E-state index is -0.910. The lowest BCUT2D eigenvalue weighted by molar-refractivity contribution is -0.123. The van der Waals surface area contributed by atoms with Gasteiger partial charge >= 0.3 is 0 Å². The van der Waals surface area contributed by atoms with Crippen LogP contribution in [-0.4, -0.2) is 28.8 Å². The molecule has 1 aliphatic rings. The average molecular weight is 383 g/mol. The molecule has 2 heterocycles. The Morgan fingerprint density at radius 1 is 1.24 bits per heavy atom. The summed E-state index contributed by atoms with van der Waals surface area (Å²) in [7, 11) is 0. The molecule has 2 aromatic carbocycles. The molecule has 0 bridgehead atoms. The quantitative estimate of drug-likeness (QED) is 0.682. The standard InChI is InChI=1S/C23H21N5O/c1-23(2,28-15-17(14-26-28)8-7-16-12-25-13-16)22(29)27-21-10-9-18(11-24)19-5-3-4-6-20(19)21/h3-6,9-10,14-16,25H,12-13H2,1-2H3,(H,27,29). The van der Waals surface area contributed by atoms with Crippen LogP contribution in [0.2, 0.25) is 0 Å². The summed E-state index contributed by atoms with van der Waals surface area (Å²) >= 11 is 0. The van der Waals surface area contributed by atoms with Crippen LogP contribution in [0, 0.1) is 29.1 Å². The van der Waals surface area contributed by atoms with Crippen molar-refractivity contribution in [1.82, 2.24) is 15.1 Å². The number of hydrogen-bond donors (Lipinski definition) is 2. The summed E-state index contributed by atoms with van der Waals surface area (Å²) < 4.78 is 1.64. The molecule has 0 unspecified atom stereocenters. The number of amides is 1. The molecule has 29 heavy (non-hydrogen) atoms. The maximum absolute atomic E-state index is 13.1. The average Bonchev–Trinajstić information content (AvgIpc) is 3.17. The van der Waals surface area contributed by atoms with Crippen LogP contribution in [0.4, 0.5) is 5.69 Å². The van der Waals surface area contributed by atoms with E-state index in [4.69, 9.17) is 0 Å². The van der Waals surface area contributed by atoms with Gasteiger partial charge in [0.2, 0.25) is 0 Å². The molecule has 0 aliphatic carbocycles. The van der Waals surface area contributed by atoms with E-state index in [1.165, 1.54) is 0 Å². The number of carbonyl (C=O) groups excluding carboxylic acids is 1. The fraction of sp³-hybridized carbons (Fsp3) is 0.261. The summed E-state index contributed by atoms with van der Waals surface area (Å²) in [6.45, 7) is 5.48. The number of carbonyl (C=O) groups is 1. The molecular formula is C23H21N5O. The van der Waals surface area contributed by atoms with E-state index in [1.54, 1.807) is 29.2 Å². The number of hydrogen-bond acceptors (Lipinski definition) is 4. The van der Waals surface area contributed by atoms with Crippen LogP contribution in [0.25, 0.3) is 10.8 Å². The third kappa shape index (κ3) is 3.59. The molecule has 1 aliphatic heterocycles. The molecule has 6 heteroatoms. The van der Waals surface area contributed by atoms with Gasteiger partial charge in [0.1, 0.15) is 5.54 Å². The molecule has 3 aromatic rings. The molecule has 2 N–H and O–H groups in total. The van der Waals surface area contributed by atoms with Crippen molar-refractivity contribution in [1.29, 1.82) is 5.26 Å². The Kier molecular flexibility index (Phi) is 4.80. The van der Waals surface area contributed by atoms with Crippen molar-refractivity contribution in [2.45, 2.75) is 19.4 Å². The molecule has 1 fully saturated rings. The molecule has 0 spiro atoms. The summed E-state index contributed by atoms with van der Waals surface area (Å²) in [5.74, 6) is 6.53. The number of aromatic nitrogens is 2. The second-order valence-corrected chi connectivity index (χ2v) is 7.63. The van der Waals surface area contributed by atoms with E-state index in [1.807, 2.05) is 38.1 Å². The summed E-state index contributed by atoms with van der Waals surface area (Å²) in [4.78, 5) is 13.1. The monoisotopic (exact) mass is 383 g/mol. The van der Waals surface area contributed by atoms with E-state index in [0.717, 1.165) is 29.4 Å². The Morgan fingerprint density at radius 2 is 2.00 bits per heavy atom. The third-order valence-electron chi connectivity index (χ3n) is 5.21. The molecule has 6 nitrogen and oxygen atoms in total.